The molecule has 60 valence electrons. The minimum absolute atomic E-state index is 0.350. The number of ether oxygens (including phenoxy) is 2. The van der Waals surface area contributed by atoms with Crippen LogP contribution in [0.1, 0.15) is 12.8 Å². The topological polar surface area (TPSA) is 18.5 Å². The van der Waals surface area contributed by atoms with E-state index in [0.29, 0.717) is 13.4 Å². The molecular formula is C9H12O2. The Morgan fingerprint density at radius 1 is 1.45 bits per heavy atom. The van der Waals surface area contributed by atoms with Crippen molar-refractivity contribution >= 4 is 0 Å². The van der Waals surface area contributed by atoms with E-state index in [9.17, 15) is 0 Å². The van der Waals surface area contributed by atoms with Crippen LogP contribution >= 0.6 is 0 Å². The molecule has 0 bridgehead atoms. The number of hydrogen-bond donors (Lipinski definition) is 0. The van der Waals surface area contributed by atoms with Gasteiger partial charge in [-0.3, -0.25) is 0 Å². The molecule has 2 nitrogen and oxygen atoms in total. The summed E-state index contributed by atoms with van der Waals surface area (Å²) in [5.41, 5.74) is 0. The Bertz CT molecular complexity index is 168. The van der Waals surface area contributed by atoms with E-state index in [0.717, 1.165) is 12.8 Å². The predicted octanol–water partition coefficient (Wildman–Crippen LogP) is 1.02. The van der Waals surface area contributed by atoms with Gasteiger partial charge in [-0.1, -0.05) is 5.92 Å². The highest BCUT2D eigenvalue weighted by Crippen LogP contribution is 1.87. The van der Waals surface area contributed by atoms with Crippen molar-refractivity contribution in [2.24, 2.45) is 0 Å². The molecule has 0 radical (unpaired) electrons. The average Bonchev–Trinajstić information content (AvgIpc) is 2.03. The first-order valence-electron chi connectivity index (χ1n) is 3.42. The van der Waals surface area contributed by atoms with Gasteiger partial charge in [-0.15, -0.1) is 6.42 Å². The first kappa shape index (κ1) is 10.0. The third kappa shape index (κ3) is 9.04. The maximum Gasteiger partial charge on any atom is 0.146 e. The summed E-state index contributed by atoms with van der Waals surface area (Å²) >= 11 is 0. The predicted molar refractivity (Wildman–Crippen MR) is 43.7 cm³/mol. The SMILES string of the molecule is C#CC#CCCCOCOC. The molecule has 2 heteroatoms. The first-order chi connectivity index (χ1) is 5.41. The summed E-state index contributed by atoms with van der Waals surface area (Å²) in [6.07, 6.45) is 6.60. The normalized spacial score (nSPS) is 8.00. The molecule has 0 aromatic carbocycles. The van der Waals surface area contributed by atoms with Crippen LogP contribution in [-0.2, 0) is 9.47 Å². The quantitative estimate of drug-likeness (QED) is 0.333. The van der Waals surface area contributed by atoms with Gasteiger partial charge in [0.25, 0.3) is 0 Å². The first-order valence-corrected chi connectivity index (χ1v) is 3.42. The van der Waals surface area contributed by atoms with Crippen LogP contribution < -0.4 is 0 Å². The summed E-state index contributed by atoms with van der Waals surface area (Å²) in [5, 5.41) is 0. The molecule has 0 heterocycles. The van der Waals surface area contributed by atoms with Gasteiger partial charge in [0, 0.05) is 13.5 Å². The Labute approximate surface area is 67.9 Å². The molecule has 0 atom stereocenters. The Balaban J connectivity index is 2.98. The zero-order valence-electron chi connectivity index (χ0n) is 6.72. The van der Waals surface area contributed by atoms with Crippen LogP contribution in [0.5, 0.6) is 0 Å². The molecule has 0 saturated carbocycles. The molecule has 0 aliphatic carbocycles. The fourth-order valence-corrected chi connectivity index (χ4v) is 0.518. The lowest BCUT2D eigenvalue weighted by Gasteiger charge is -1.98. The van der Waals surface area contributed by atoms with E-state index in [1.165, 1.54) is 0 Å². The summed E-state index contributed by atoms with van der Waals surface area (Å²) in [6.45, 7) is 1.02. The van der Waals surface area contributed by atoms with Crippen molar-refractivity contribution in [3.8, 4) is 24.2 Å². The summed E-state index contributed by atoms with van der Waals surface area (Å²) in [7, 11) is 1.60. The van der Waals surface area contributed by atoms with Crippen LogP contribution in [0, 0.1) is 24.2 Å². The molecule has 0 aromatic heterocycles. The minimum Gasteiger partial charge on any atom is -0.359 e. The van der Waals surface area contributed by atoms with E-state index >= 15 is 0 Å². The second kappa shape index (κ2) is 9.04. The van der Waals surface area contributed by atoms with Crippen LogP contribution in [0.2, 0.25) is 0 Å². The molecule has 0 saturated heterocycles. The molecule has 0 aliphatic heterocycles. The second-order valence-corrected chi connectivity index (χ2v) is 1.86. The fraction of sp³-hybridized carbons (Fsp3) is 0.556. The highest BCUT2D eigenvalue weighted by atomic mass is 16.7. The van der Waals surface area contributed by atoms with Crippen molar-refractivity contribution < 1.29 is 9.47 Å². The maximum absolute atomic E-state index is 5.02. The molecule has 0 fully saturated rings. The maximum atomic E-state index is 5.02. The molecule has 0 N–H and O–H groups in total. The van der Waals surface area contributed by atoms with E-state index in [1.54, 1.807) is 7.11 Å². The van der Waals surface area contributed by atoms with Crippen LogP contribution in [0.15, 0.2) is 0 Å². The van der Waals surface area contributed by atoms with Crippen molar-refractivity contribution in [2.45, 2.75) is 12.8 Å². The Kier molecular flexibility index (Phi) is 8.25. The highest BCUT2D eigenvalue weighted by Gasteiger charge is 1.83. The van der Waals surface area contributed by atoms with Gasteiger partial charge >= 0.3 is 0 Å². The monoisotopic (exact) mass is 152 g/mol. The third-order valence-corrected chi connectivity index (χ3v) is 0.952. The molecule has 0 amide bonds. The summed E-state index contributed by atoms with van der Waals surface area (Å²) < 4.78 is 9.70. The van der Waals surface area contributed by atoms with Crippen LogP contribution in [0.25, 0.3) is 0 Å². The Morgan fingerprint density at radius 2 is 2.27 bits per heavy atom. The number of rotatable bonds is 5. The zero-order valence-corrected chi connectivity index (χ0v) is 6.72. The number of hydrogen-bond acceptors (Lipinski definition) is 2. The second-order valence-electron chi connectivity index (χ2n) is 1.86. The van der Waals surface area contributed by atoms with Gasteiger partial charge in [0.15, 0.2) is 0 Å². The zero-order chi connectivity index (χ0) is 8.36. The van der Waals surface area contributed by atoms with Gasteiger partial charge in [-0.2, -0.15) is 0 Å². The number of terminal acetylenes is 1. The molecule has 0 spiro atoms. The minimum atomic E-state index is 0.350. The van der Waals surface area contributed by atoms with Gasteiger partial charge in [-0.05, 0) is 18.3 Å². The molecular weight excluding hydrogens is 140 g/mol. The smallest absolute Gasteiger partial charge is 0.146 e. The number of methoxy groups -OCH3 is 1. The lowest BCUT2D eigenvalue weighted by molar-refractivity contribution is -0.0307. The molecule has 0 aromatic rings. The van der Waals surface area contributed by atoms with Crippen LogP contribution in [0.4, 0.5) is 0 Å². The molecule has 0 unspecified atom stereocenters. The summed E-state index contributed by atoms with van der Waals surface area (Å²) in [4.78, 5) is 0. The van der Waals surface area contributed by atoms with Gasteiger partial charge in [0.05, 0.1) is 6.61 Å². The van der Waals surface area contributed by atoms with Crippen molar-refractivity contribution in [1.29, 1.82) is 0 Å². The van der Waals surface area contributed by atoms with Gasteiger partial charge < -0.3 is 9.47 Å². The fourth-order valence-electron chi connectivity index (χ4n) is 0.518. The van der Waals surface area contributed by atoms with Crippen molar-refractivity contribution in [1.82, 2.24) is 0 Å². The van der Waals surface area contributed by atoms with E-state index in [-0.39, 0.29) is 0 Å². The highest BCUT2D eigenvalue weighted by molar-refractivity contribution is 5.21. The van der Waals surface area contributed by atoms with Gasteiger partial charge in [0.2, 0.25) is 0 Å². The third-order valence-electron chi connectivity index (χ3n) is 0.952. The lowest BCUT2D eigenvalue weighted by atomic mass is 10.3. The number of unbranched alkanes of at least 4 members (excludes halogenated alkanes) is 1. The van der Waals surface area contributed by atoms with Crippen molar-refractivity contribution in [3.05, 3.63) is 0 Å². The van der Waals surface area contributed by atoms with E-state index < -0.39 is 0 Å². The van der Waals surface area contributed by atoms with E-state index in [4.69, 9.17) is 11.2 Å². The van der Waals surface area contributed by atoms with E-state index in [2.05, 4.69) is 22.5 Å². The molecule has 0 aliphatic rings. The Hall–Kier alpha value is -0.960. The lowest BCUT2D eigenvalue weighted by Crippen LogP contribution is -1.97. The van der Waals surface area contributed by atoms with Gasteiger partial charge in [-0.25, -0.2) is 0 Å². The van der Waals surface area contributed by atoms with Crippen LogP contribution in [-0.4, -0.2) is 20.5 Å². The summed E-state index contributed by atoms with van der Waals surface area (Å²) in [6, 6.07) is 0. The van der Waals surface area contributed by atoms with Gasteiger partial charge in [0.1, 0.15) is 6.79 Å². The van der Waals surface area contributed by atoms with E-state index in [1.807, 2.05) is 0 Å². The van der Waals surface area contributed by atoms with Crippen molar-refractivity contribution in [3.63, 3.8) is 0 Å². The van der Waals surface area contributed by atoms with Crippen molar-refractivity contribution in [2.75, 3.05) is 20.5 Å². The molecule has 0 rings (SSSR count). The van der Waals surface area contributed by atoms with Crippen LogP contribution in [0.3, 0.4) is 0 Å². The molecule has 11 heavy (non-hydrogen) atoms. The standard InChI is InChI=1S/C9H12O2/c1-3-4-5-6-7-8-11-9-10-2/h1H,6-9H2,2H3. The average molecular weight is 152 g/mol. The Morgan fingerprint density at radius 3 is 2.91 bits per heavy atom. The largest absolute Gasteiger partial charge is 0.359 e. The summed E-state index contributed by atoms with van der Waals surface area (Å²) in [5.74, 6) is 7.58.